The molecule has 146 valence electrons. The van der Waals surface area contributed by atoms with Crippen molar-refractivity contribution in [3.63, 3.8) is 0 Å². The smallest absolute Gasteiger partial charge is 0.161 e. The molecule has 1 unspecified atom stereocenters. The van der Waals surface area contributed by atoms with Crippen molar-refractivity contribution in [3.8, 4) is 11.5 Å². The van der Waals surface area contributed by atoms with Crippen molar-refractivity contribution in [1.29, 1.82) is 0 Å². The molecule has 5 heteroatoms. The number of rotatable bonds is 8. The molecule has 0 saturated carbocycles. The van der Waals surface area contributed by atoms with Gasteiger partial charge in [-0.25, -0.2) is 0 Å². The number of hydrogen-bond donors (Lipinski definition) is 1. The molecule has 1 atom stereocenters. The number of pyridine rings is 1. The Morgan fingerprint density at radius 2 is 2.07 bits per heavy atom. The summed E-state index contributed by atoms with van der Waals surface area (Å²) in [6.07, 6.45) is 4.95. The monoisotopic (exact) mass is 369 g/mol. The van der Waals surface area contributed by atoms with Crippen molar-refractivity contribution in [1.82, 2.24) is 15.2 Å². The van der Waals surface area contributed by atoms with Gasteiger partial charge in [0.2, 0.25) is 0 Å². The van der Waals surface area contributed by atoms with E-state index in [1.807, 2.05) is 6.20 Å². The van der Waals surface area contributed by atoms with Gasteiger partial charge in [0, 0.05) is 19.3 Å². The fourth-order valence-corrected chi connectivity index (χ4v) is 3.48. The van der Waals surface area contributed by atoms with Crippen LogP contribution in [0.5, 0.6) is 11.5 Å². The summed E-state index contributed by atoms with van der Waals surface area (Å²) in [6.45, 7) is 4.76. The van der Waals surface area contributed by atoms with Crippen LogP contribution in [0.25, 0.3) is 0 Å². The van der Waals surface area contributed by atoms with E-state index in [0.29, 0.717) is 6.61 Å². The van der Waals surface area contributed by atoms with Crippen molar-refractivity contribution < 1.29 is 9.47 Å². The van der Waals surface area contributed by atoms with E-state index in [4.69, 9.17) is 14.5 Å². The predicted molar refractivity (Wildman–Crippen MR) is 109 cm³/mol. The molecule has 0 spiro atoms. The van der Waals surface area contributed by atoms with Crippen LogP contribution in [0, 0.1) is 0 Å². The third-order valence-electron chi connectivity index (χ3n) is 5.04. The maximum Gasteiger partial charge on any atom is 0.161 e. The fraction of sp³-hybridized carbons (Fsp3) is 0.500. The number of hydrogen-bond acceptors (Lipinski definition) is 5. The van der Waals surface area contributed by atoms with Crippen LogP contribution in [0.2, 0.25) is 0 Å². The summed E-state index contributed by atoms with van der Waals surface area (Å²) < 4.78 is 11.7. The second kappa shape index (κ2) is 9.20. The summed E-state index contributed by atoms with van der Waals surface area (Å²) in [4.78, 5) is 6.86. The minimum absolute atomic E-state index is 0.0923. The molecule has 0 bridgehead atoms. The SMILES string of the molecule is CCc1ccc(C2NCCc3cc(OC)c(OCCCN(C)C)cc32)nc1. The van der Waals surface area contributed by atoms with Crippen molar-refractivity contribution >= 4 is 0 Å². The largest absolute Gasteiger partial charge is 0.493 e. The van der Waals surface area contributed by atoms with Crippen molar-refractivity contribution in [2.75, 3.05) is 40.9 Å². The molecule has 1 aromatic heterocycles. The third-order valence-corrected chi connectivity index (χ3v) is 5.04. The van der Waals surface area contributed by atoms with Crippen LogP contribution >= 0.6 is 0 Å². The van der Waals surface area contributed by atoms with Gasteiger partial charge in [-0.2, -0.15) is 0 Å². The van der Waals surface area contributed by atoms with E-state index in [-0.39, 0.29) is 6.04 Å². The molecule has 0 aliphatic carbocycles. The Labute approximate surface area is 162 Å². The first-order valence-electron chi connectivity index (χ1n) is 9.79. The van der Waals surface area contributed by atoms with Gasteiger partial charge in [0.1, 0.15) is 0 Å². The van der Waals surface area contributed by atoms with Gasteiger partial charge in [-0.05, 0) is 68.2 Å². The van der Waals surface area contributed by atoms with Gasteiger partial charge in [0.25, 0.3) is 0 Å². The molecule has 1 aliphatic heterocycles. The van der Waals surface area contributed by atoms with Crippen LogP contribution in [-0.2, 0) is 12.8 Å². The lowest BCUT2D eigenvalue weighted by Crippen LogP contribution is -2.31. The van der Waals surface area contributed by atoms with Crippen LogP contribution in [0.1, 0.15) is 41.8 Å². The second-order valence-electron chi connectivity index (χ2n) is 7.29. The standard InChI is InChI=1S/C22H31N3O2/c1-5-16-7-8-19(24-15-16)22-18-14-21(27-12-6-11-25(2)3)20(26-4)13-17(18)9-10-23-22/h7-8,13-15,22-23H,5-6,9-12H2,1-4H3. The summed E-state index contributed by atoms with van der Waals surface area (Å²) in [5.41, 5.74) is 4.85. The lowest BCUT2D eigenvalue weighted by Gasteiger charge is -2.28. The Morgan fingerprint density at radius 1 is 1.22 bits per heavy atom. The number of benzene rings is 1. The molecule has 0 amide bonds. The first kappa shape index (κ1) is 19.6. The minimum atomic E-state index is 0.0923. The highest BCUT2D eigenvalue weighted by atomic mass is 16.5. The highest BCUT2D eigenvalue weighted by Crippen LogP contribution is 2.37. The molecule has 27 heavy (non-hydrogen) atoms. The van der Waals surface area contributed by atoms with Crippen molar-refractivity contribution in [2.45, 2.75) is 32.2 Å². The second-order valence-corrected chi connectivity index (χ2v) is 7.29. The van der Waals surface area contributed by atoms with Gasteiger partial charge in [-0.15, -0.1) is 0 Å². The molecular formula is C22H31N3O2. The summed E-state index contributed by atoms with van der Waals surface area (Å²) in [7, 11) is 5.86. The number of nitrogens with zero attached hydrogens (tertiary/aromatic N) is 2. The van der Waals surface area contributed by atoms with Crippen LogP contribution in [0.3, 0.4) is 0 Å². The third kappa shape index (κ3) is 4.79. The highest BCUT2D eigenvalue weighted by Gasteiger charge is 2.25. The summed E-state index contributed by atoms with van der Waals surface area (Å²) in [5.74, 6) is 1.63. The number of nitrogens with one attached hydrogen (secondary N) is 1. The molecule has 3 rings (SSSR count). The molecule has 2 aromatic rings. The average molecular weight is 370 g/mol. The maximum absolute atomic E-state index is 6.07. The molecule has 0 radical (unpaired) electrons. The minimum Gasteiger partial charge on any atom is -0.493 e. The molecule has 1 aromatic carbocycles. The van der Waals surface area contributed by atoms with E-state index in [1.165, 1.54) is 16.7 Å². The molecule has 2 heterocycles. The zero-order valence-corrected chi connectivity index (χ0v) is 16.9. The predicted octanol–water partition coefficient (Wildman–Crippen LogP) is 3.22. The van der Waals surface area contributed by atoms with Gasteiger partial charge in [0.05, 0.1) is 25.5 Å². The maximum atomic E-state index is 6.07. The Bertz CT molecular complexity index is 744. The topological polar surface area (TPSA) is 46.6 Å². The van der Waals surface area contributed by atoms with Crippen molar-refractivity contribution in [3.05, 3.63) is 52.8 Å². The highest BCUT2D eigenvalue weighted by molar-refractivity contribution is 5.51. The normalized spacial score (nSPS) is 16.3. The van der Waals surface area contributed by atoms with Gasteiger partial charge in [-0.1, -0.05) is 13.0 Å². The average Bonchev–Trinajstić information content (AvgIpc) is 2.70. The molecule has 5 nitrogen and oxygen atoms in total. The van der Waals surface area contributed by atoms with Crippen LogP contribution in [-0.4, -0.2) is 50.8 Å². The summed E-state index contributed by atoms with van der Waals surface area (Å²) in [6, 6.07) is 8.66. The van der Waals surface area contributed by atoms with E-state index >= 15 is 0 Å². The van der Waals surface area contributed by atoms with Gasteiger partial charge in [-0.3, -0.25) is 4.98 Å². The Kier molecular flexibility index (Phi) is 6.69. The lowest BCUT2D eigenvalue weighted by molar-refractivity contribution is 0.267. The molecular weight excluding hydrogens is 338 g/mol. The van der Waals surface area contributed by atoms with Gasteiger partial charge < -0.3 is 19.7 Å². The Balaban J connectivity index is 1.85. The Morgan fingerprint density at radius 3 is 2.74 bits per heavy atom. The number of aromatic nitrogens is 1. The van der Waals surface area contributed by atoms with Crippen LogP contribution < -0.4 is 14.8 Å². The molecule has 0 saturated heterocycles. The lowest BCUT2D eigenvalue weighted by atomic mass is 9.91. The van der Waals surface area contributed by atoms with E-state index in [2.05, 4.69) is 55.5 Å². The molecule has 1 N–H and O–H groups in total. The first-order chi connectivity index (χ1) is 13.1. The zero-order chi connectivity index (χ0) is 19.2. The van der Waals surface area contributed by atoms with Gasteiger partial charge in [0.15, 0.2) is 11.5 Å². The van der Waals surface area contributed by atoms with Crippen LogP contribution in [0.4, 0.5) is 0 Å². The van der Waals surface area contributed by atoms with E-state index in [9.17, 15) is 0 Å². The quantitative estimate of drug-likeness (QED) is 0.724. The fourth-order valence-electron chi connectivity index (χ4n) is 3.48. The van der Waals surface area contributed by atoms with Gasteiger partial charge >= 0.3 is 0 Å². The molecule has 0 fully saturated rings. The number of aryl methyl sites for hydroxylation is 1. The summed E-state index contributed by atoms with van der Waals surface area (Å²) >= 11 is 0. The van der Waals surface area contributed by atoms with E-state index < -0.39 is 0 Å². The van der Waals surface area contributed by atoms with Crippen molar-refractivity contribution in [2.24, 2.45) is 0 Å². The Hall–Kier alpha value is -2.11. The summed E-state index contributed by atoms with van der Waals surface area (Å²) in [5, 5.41) is 3.61. The zero-order valence-electron chi connectivity index (χ0n) is 16.9. The number of fused-ring (bicyclic) bond motifs is 1. The molecule has 1 aliphatic rings. The van der Waals surface area contributed by atoms with E-state index in [1.54, 1.807) is 7.11 Å². The number of methoxy groups -OCH3 is 1. The first-order valence-corrected chi connectivity index (χ1v) is 9.79. The number of ether oxygens (including phenoxy) is 2. The van der Waals surface area contributed by atoms with Crippen LogP contribution in [0.15, 0.2) is 30.5 Å². The van der Waals surface area contributed by atoms with E-state index in [0.717, 1.165) is 49.5 Å².